The van der Waals surface area contributed by atoms with Crippen LogP contribution in [-0.4, -0.2) is 0 Å². The van der Waals surface area contributed by atoms with E-state index in [4.69, 9.17) is 5.26 Å². The Bertz CT molecular complexity index is 526. The highest BCUT2D eigenvalue weighted by molar-refractivity contribution is 7.99. The molecule has 0 heterocycles. The van der Waals surface area contributed by atoms with Gasteiger partial charge >= 0.3 is 0 Å². The van der Waals surface area contributed by atoms with Gasteiger partial charge in [-0.15, -0.1) is 0 Å². The molecule has 0 bridgehead atoms. The van der Waals surface area contributed by atoms with Gasteiger partial charge in [-0.2, -0.15) is 5.26 Å². The van der Waals surface area contributed by atoms with E-state index < -0.39 is 0 Å². The lowest BCUT2D eigenvalue weighted by Gasteiger charge is -2.04. The Hall–Kier alpha value is -1.72. The van der Waals surface area contributed by atoms with Crippen LogP contribution in [0.4, 0.5) is 0 Å². The lowest BCUT2D eigenvalue weighted by molar-refractivity contribution is 1.31. The fourth-order valence-electron chi connectivity index (χ4n) is 1.44. The first-order valence-electron chi connectivity index (χ1n) is 5.03. The number of hydrogen-bond donors (Lipinski definition) is 0. The SMILES string of the molecule is Cc1ccc(Sc2ccccc2)c(C#N)c1. The van der Waals surface area contributed by atoms with Crippen LogP contribution in [-0.2, 0) is 0 Å². The molecule has 0 fully saturated rings. The fraction of sp³-hybridized carbons (Fsp3) is 0.0714. The highest BCUT2D eigenvalue weighted by atomic mass is 32.2. The summed E-state index contributed by atoms with van der Waals surface area (Å²) in [5.74, 6) is 0. The van der Waals surface area contributed by atoms with Crippen LogP contribution in [0, 0.1) is 18.3 Å². The molecule has 2 aromatic carbocycles. The van der Waals surface area contributed by atoms with Crippen LogP contribution < -0.4 is 0 Å². The zero-order valence-corrected chi connectivity index (χ0v) is 9.79. The number of rotatable bonds is 2. The summed E-state index contributed by atoms with van der Waals surface area (Å²) >= 11 is 1.62. The number of nitriles is 1. The van der Waals surface area contributed by atoms with Crippen molar-refractivity contribution >= 4 is 11.8 Å². The van der Waals surface area contributed by atoms with Crippen molar-refractivity contribution in [3.63, 3.8) is 0 Å². The van der Waals surface area contributed by atoms with Gasteiger partial charge in [-0.25, -0.2) is 0 Å². The second-order valence-electron chi connectivity index (χ2n) is 3.53. The number of aryl methyl sites for hydroxylation is 1. The third kappa shape index (κ3) is 2.44. The average molecular weight is 225 g/mol. The molecule has 0 aliphatic heterocycles. The quantitative estimate of drug-likeness (QED) is 0.770. The van der Waals surface area contributed by atoms with Crippen molar-refractivity contribution < 1.29 is 0 Å². The third-order valence-corrected chi connectivity index (χ3v) is 3.31. The Balaban J connectivity index is 2.32. The Morgan fingerprint density at radius 1 is 1.06 bits per heavy atom. The fourth-order valence-corrected chi connectivity index (χ4v) is 2.33. The van der Waals surface area contributed by atoms with E-state index in [0.29, 0.717) is 0 Å². The minimum atomic E-state index is 0.744. The van der Waals surface area contributed by atoms with Gasteiger partial charge < -0.3 is 0 Å². The second kappa shape index (κ2) is 4.87. The van der Waals surface area contributed by atoms with Crippen LogP contribution in [0.2, 0.25) is 0 Å². The van der Waals surface area contributed by atoms with E-state index >= 15 is 0 Å². The van der Waals surface area contributed by atoms with E-state index in [9.17, 15) is 0 Å². The Kier molecular flexibility index (Phi) is 3.28. The molecule has 0 radical (unpaired) electrons. The van der Waals surface area contributed by atoms with E-state index in [1.807, 2.05) is 55.5 Å². The van der Waals surface area contributed by atoms with Crippen molar-refractivity contribution in [3.05, 3.63) is 59.7 Å². The summed E-state index contributed by atoms with van der Waals surface area (Å²) < 4.78 is 0. The number of nitrogens with zero attached hydrogens (tertiary/aromatic N) is 1. The van der Waals surface area contributed by atoms with Crippen LogP contribution in [0.15, 0.2) is 58.3 Å². The largest absolute Gasteiger partial charge is 0.192 e. The molecule has 0 atom stereocenters. The van der Waals surface area contributed by atoms with Crippen LogP contribution in [0.5, 0.6) is 0 Å². The summed E-state index contributed by atoms with van der Waals surface area (Å²) in [6.45, 7) is 2.00. The third-order valence-electron chi connectivity index (χ3n) is 2.23. The van der Waals surface area contributed by atoms with Crippen LogP contribution in [0.3, 0.4) is 0 Å². The molecular weight excluding hydrogens is 214 g/mol. The minimum absolute atomic E-state index is 0.744. The highest BCUT2D eigenvalue weighted by Gasteiger charge is 2.03. The van der Waals surface area contributed by atoms with E-state index in [2.05, 4.69) is 6.07 Å². The number of hydrogen-bond acceptors (Lipinski definition) is 2. The highest BCUT2D eigenvalue weighted by Crippen LogP contribution is 2.30. The zero-order chi connectivity index (χ0) is 11.4. The maximum Gasteiger partial charge on any atom is 0.100 e. The Morgan fingerprint density at radius 2 is 1.81 bits per heavy atom. The molecule has 0 amide bonds. The maximum atomic E-state index is 9.06. The molecule has 0 saturated carbocycles. The Labute approximate surface area is 99.7 Å². The van der Waals surface area contributed by atoms with Gasteiger partial charge in [0, 0.05) is 9.79 Å². The predicted octanol–water partition coefficient (Wildman–Crippen LogP) is 4.02. The lowest BCUT2D eigenvalue weighted by atomic mass is 10.2. The monoisotopic (exact) mass is 225 g/mol. The molecular formula is C14H11NS. The van der Waals surface area contributed by atoms with E-state index in [-0.39, 0.29) is 0 Å². The summed E-state index contributed by atoms with van der Waals surface area (Å²) in [6.07, 6.45) is 0. The van der Waals surface area contributed by atoms with Crippen molar-refractivity contribution in [3.8, 4) is 6.07 Å². The molecule has 0 aliphatic carbocycles. The molecule has 1 nitrogen and oxygen atoms in total. The van der Waals surface area contributed by atoms with Gasteiger partial charge in [0.05, 0.1) is 5.56 Å². The van der Waals surface area contributed by atoms with Crippen molar-refractivity contribution in [1.29, 1.82) is 5.26 Å². The van der Waals surface area contributed by atoms with Crippen molar-refractivity contribution in [1.82, 2.24) is 0 Å². The van der Waals surface area contributed by atoms with Gasteiger partial charge in [0.1, 0.15) is 6.07 Å². The smallest absolute Gasteiger partial charge is 0.100 e. The maximum absolute atomic E-state index is 9.06. The van der Waals surface area contributed by atoms with Gasteiger partial charge in [-0.1, -0.05) is 36.0 Å². The lowest BCUT2D eigenvalue weighted by Crippen LogP contribution is -1.83. The van der Waals surface area contributed by atoms with Gasteiger partial charge in [0.15, 0.2) is 0 Å². The van der Waals surface area contributed by atoms with Gasteiger partial charge in [-0.05, 0) is 36.8 Å². The molecule has 16 heavy (non-hydrogen) atoms. The minimum Gasteiger partial charge on any atom is -0.192 e. The molecule has 2 aromatic rings. The first-order chi connectivity index (χ1) is 7.79. The summed E-state index contributed by atoms with van der Waals surface area (Å²) in [5, 5.41) is 9.06. The molecule has 78 valence electrons. The van der Waals surface area contributed by atoms with Crippen LogP contribution >= 0.6 is 11.8 Å². The second-order valence-corrected chi connectivity index (χ2v) is 4.64. The van der Waals surface area contributed by atoms with E-state index in [1.54, 1.807) is 11.8 Å². The molecule has 0 aromatic heterocycles. The van der Waals surface area contributed by atoms with Crippen molar-refractivity contribution in [2.75, 3.05) is 0 Å². The number of benzene rings is 2. The van der Waals surface area contributed by atoms with Gasteiger partial charge in [-0.3, -0.25) is 0 Å². The van der Waals surface area contributed by atoms with Crippen molar-refractivity contribution in [2.24, 2.45) is 0 Å². The van der Waals surface area contributed by atoms with Crippen LogP contribution in [0.1, 0.15) is 11.1 Å². The molecule has 2 rings (SSSR count). The standard InChI is InChI=1S/C14H11NS/c1-11-7-8-14(12(9-11)10-15)16-13-5-3-2-4-6-13/h2-9H,1H3. The molecule has 0 aliphatic rings. The first-order valence-corrected chi connectivity index (χ1v) is 5.85. The molecule has 0 saturated heterocycles. The van der Waals surface area contributed by atoms with Gasteiger partial charge in [0.2, 0.25) is 0 Å². The summed E-state index contributed by atoms with van der Waals surface area (Å²) in [6, 6.07) is 18.3. The normalized spacial score (nSPS) is 9.75. The average Bonchev–Trinajstić information content (AvgIpc) is 2.33. The van der Waals surface area contributed by atoms with E-state index in [0.717, 1.165) is 20.9 Å². The van der Waals surface area contributed by atoms with Crippen LogP contribution in [0.25, 0.3) is 0 Å². The zero-order valence-electron chi connectivity index (χ0n) is 8.97. The summed E-state index contributed by atoms with van der Waals surface area (Å²) in [4.78, 5) is 2.17. The molecule has 0 spiro atoms. The van der Waals surface area contributed by atoms with E-state index in [1.165, 1.54) is 0 Å². The van der Waals surface area contributed by atoms with Crippen molar-refractivity contribution in [2.45, 2.75) is 16.7 Å². The predicted molar refractivity (Wildman–Crippen MR) is 66.5 cm³/mol. The molecule has 0 N–H and O–H groups in total. The topological polar surface area (TPSA) is 23.8 Å². The molecule has 0 unspecified atom stereocenters. The molecule has 2 heteroatoms. The first kappa shape index (κ1) is 10.8. The summed E-state index contributed by atoms with van der Waals surface area (Å²) in [7, 11) is 0. The summed E-state index contributed by atoms with van der Waals surface area (Å²) in [5.41, 5.74) is 1.86. The Morgan fingerprint density at radius 3 is 2.50 bits per heavy atom. The van der Waals surface area contributed by atoms with Gasteiger partial charge in [0.25, 0.3) is 0 Å².